The molecular weight excluding hydrogens is 309 g/mol. The van der Waals surface area contributed by atoms with Crippen LogP contribution in [0.4, 0.5) is 9.18 Å². The van der Waals surface area contributed by atoms with Crippen LogP contribution in [0.15, 0.2) is 24.3 Å². The Morgan fingerprint density at radius 1 is 1.29 bits per heavy atom. The molecule has 5 nitrogen and oxygen atoms in total. The Bertz CT molecular complexity index is 574. The van der Waals surface area contributed by atoms with Gasteiger partial charge in [-0.3, -0.25) is 4.79 Å². The van der Waals surface area contributed by atoms with Gasteiger partial charge < -0.3 is 15.1 Å². The first kappa shape index (κ1) is 18.2. The van der Waals surface area contributed by atoms with E-state index in [0.717, 1.165) is 12.1 Å². The van der Waals surface area contributed by atoms with Crippen molar-refractivity contribution in [2.75, 3.05) is 26.2 Å². The van der Waals surface area contributed by atoms with Crippen molar-refractivity contribution in [3.63, 3.8) is 0 Å². The molecule has 2 rings (SSSR count). The summed E-state index contributed by atoms with van der Waals surface area (Å²) in [5.41, 5.74) is 0.961. The lowest BCUT2D eigenvalue weighted by molar-refractivity contribution is -0.139. The second kappa shape index (κ2) is 8.13. The number of hydrogen-bond acceptors (Lipinski definition) is 2. The van der Waals surface area contributed by atoms with Gasteiger partial charge in [-0.1, -0.05) is 26.0 Å². The van der Waals surface area contributed by atoms with Crippen LogP contribution in [-0.4, -0.2) is 54.0 Å². The second-order valence-corrected chi connectivity index (χ2v) is 6.66. The van der Waals surface area contributed by atoms with Gasteiger partial charge in [0, 0.05) is 26.2 Å². The molecule has 1 aliphatic heterocycles. The lowest BCUT2D eigenvalue weighted by atomic mass is 10.1. The molecule has 0 bridgehead atoms. The van der Waals surface area contributed by atoms with Crippen molar-refractivity contribution in [2.45, 2.75) is 33.2 Å². The largest absolute Gasteiger partial charge is 0.339 e. The van der Waals surface area contributed by atoms with Gasteiger partial charge in [0.05, 0.1) is 0 Å². The van der Waals surface area contributed by atoms with E-state index in [1.165, 1.54) is 12.1 Å². The minimum Gasteiger partial charge on any atom is -0.339 e. The van der Waals surface area contributed by atoms with Crippen LogP contribution in [0.3, 0.4) is 0 Å². The summed E-state index contributed by atoms with van der Waals surface area (Å²) >= 11 is 0. The Kier molecular flexibility index (Phi) is 6.17. The van der Waals surface area contributed by atoms with Gasteiger partial charge in [-0.25, -0.2) is 9.18 Å². The molecule has 0 radical (unpaired) electrons. The number of carbonyl (C=O) groups is 2. The Hall–Kier alpha value is -2.11. The van der Waals surface area contributed by atoms with Gasteiger partial charge in [0.15, 0.2) is 0 Å². The van der Waals surface area contributed by atoms with E-state index < -0.39 is 6.04 Å². The van der Waals surface area contributed by atoms with Gasteiger partial charge in [-0.15, -0.1) is 0 Å². The van der Waals surface area contributed by atoms with Gasteiger partial charge in [-0.05, 0) is 37.0 Å². The molecule has 0 spiro atoms. The Balaban J connectivity index is 1.82. The zero-order chi connectivity index (χ0) is 17.7. The zero-order valence-corrected chi connectivity index (χ0v) is 14.6. The highest BCUT2D eigenvalue weighted by Crippen LogP contribution is 2.13. The van der Waals surface area contributed by atoms with Crippen molar-refractivity contribution in [1.29, 1.82) is 0 Å². The molecule has 0 saturated carbocycles. The van der Waals surface area contributed by atoms with Crippen LogP contribution in [0.1, 0.15) is 26.3 Å². The van der Waals surface area contributed by atoms with Crippen LogP contribution < -0.4 is 5.32 Å². The highest BCUT2D eigenvalue weighted by Gasteiger charge is 2.34. The summed E-state index contributed by atoms with van der Waals surface area (Å²) in [6, 6.07) is 5.57. The Labute approximate surface area is 142 Å². The van der Waals surface area contributed by atoms with Crippen molar-refractivity contribution in [1.82, 2.24) is 15.1 Å². The SMILES string of the molecule is CC(C)CN1CCN(C(=O)NCCc2ccc(F)cc2)C(C)C1=O. The molecule has 1 unspecified atom stereocenters. The highest BCUT2D eigenvalue weighted by molar-refractivity contribution is 5.88. The van der Waals surface area contributed by atoms with Gasteiger partial charge in [0.25, 0.3) is 0 Å². The Morgan fingerprint density at radius 3 is 2.58 bits per heavy atom. The van der Waals surface area contributed by atoms with Gasteiger partial charge in [-0.2, -0.15) is 0 Å². The smallest absolute Gasteiger partial charge is 0.318 e. The molecule has 1 aromatic carbocycles. The molecular formula is C18H26FN3O2. The summed E-state index contributed by atoms with van der Waals surface area (Å²) in [6.45, 7) is 8.23. The number of amides is 3. The molecule has 6 heteroatoms. The summed E-state index contributed by atoms with van der Waals surface area (Å²) in [6.07, 6.45) is 0.627. The molecule has 1 N–H and O–H groups in total. The first-order valence-corrected chi connectivity index (χ1v) is 8.46. The fourth-order valence-corrected chi connectivity index (χ4v) is 2.90. The third-order valence-electron chi connectivity index (χ3n) is 4.20. The number of rotatable bonds is 5. The van der Waals surface area contributed by atoms with Crippen molar-refractivity contribution < 1.29 is 14.0 Å². The summed E-state index contributed by atoms with van der Waals surface area (Å²) in [4.78, 5) is 28.1. The van der Waals surface area contributed by atoms with Gasteiger partial charge in [0.1, 0.15) is 11.9 Å². The topological polar surface area (TPSA) is 52.6 Å². The van der Waals surface area contributed by atoms with Crippen molar-refractivity contribution in [2.24, 2.45) is 5.92 Å². The first-order valence-electron chi connectivity index (χ1n) is 8.46. The highest BCUT2D eigenvalue weighted by atomic mass is 19.1. The fourth-order valence-electron chi connectivity index (χ4n) is 2.90. The number of hydrogen-bond donors (Lipinski definition) is 1. The van der Waals surface area contributed by atoms with E-state index in [2.05, 4.69) is 19.2 Å². The number of urea groups is 1. The van der Waals surface area contributed by atoms with Crippen LogP contribution in [0.2, 0.25) is 0 Å². The van der Waals surface area contributed by atoms with Crippen LogP contribution in [0.5, 0.6) is 0 Å². The lowest BCUT2D eigenvalue weighted by Gasteiger charge is -2.39. The molecule has 1 aromatic rings. The molecule has 1 saturated heterocycles. The number of nitrogens with one attached hydrogen (secondary N) is 1. The number of carbonyl (C=O) groups excluding carboxylic acids is 2. The molecule has 1 aliphatic rings. The molecule has 0 aromatic heterocycles. The van der Waals surface area contributed by atoms with Crippen molar-refractivity contribution >= 4 is 11.9 Å². The predicted molar refractivity (Wildman–Crippen MR) is 91.1 cm³/mol. The zero-order valence-electron chi connectivity index (χ0n) is 14.6. The molecule has 24 heavy (non-hydrogen) atoms. The summed E-state index contributed by atoms with van der Waals surface area (Å²) in [5.74, 6) is 0.148. The van der Waals surface area contributed by atoms with Crippen molar-refractivity contribution in [3.05, 3.63) is 35.6 Å². The predicted octanol–water partition coefficient (Wildman–Crippen LogP) is 2.27. The third-order valence-corrected chi connectivity index (χ3v) is 4.20. The molecule has 0 aliphatic carbocycles. The van der Waals surface area contributed by atoms with Gasteiger partial charge in [0.2, 0.25) is 5.91 Å². The molecule has 1 atom stereocenters. The Morgan fingerprint density at radius 2 is 1.96 bits per heavy atom. The maximum atomic E-state index is 12.9. The maximum Gasteiger partial charge on any atom is 0.318 e. The maximum absolute atomic E-state index is 12.9. The van der Waals surface area contributed by atoms with E-state index in [0.29, 0.717) is 32.0 Å². The third kappa shape index (κ3) is 4.69. The van der Waals surface area contributed by atoms with Crippen LogP contribution in [-0.2, 0) is 11.2 Å². The normalized spacial score (nSPS) is 18.2. The van der Waals surface area contributed by atoms with Crippen LogP contribution >= 0.6 is 0 Å². The minimum atomic E-state index is -0.441. The molecule has 1 fully saturated rings. The van der Waals surface area contributed by atoms with Gasteiger partial charge >= 0.3 is 6.03 Å². The molecule has 1 heterocycles. The first-order chi connectivity index (χ1) is 11.4. The minimum absolute atomic E-state index is 0.00337. The number of halogens is 1. The lowest BCUT2D eigenvalue weighted by Crippen LogP contribution is -2.60. The molecule has 132 valence electrons. The average molecular weight is 335 g/mol. The van der Waals surface area contributed by atoms with E-state index >= 15 is 0 Å². The number of benzene rings is 1. The van der Waals surface area contributed by atoms with Crippen LogP contribution in [0.25, 0.3) is 0 Å². The van der Waals surface area contributed by atoms with Crippen LogP contribution in [0, 0.1) is 11.7 Å². The summed E-state index contributed by atoms with van der Waals surface area (Å²) in [5, 5.41) is 2.84. The van der Waals surface area contributed by atoms with E-state index in [4.69, 9.17) is 0 Å². The number of nitrogens with zero attached hydrogens (tertiary/aromatic N) is 2. The van der Waals surface area contributed by atoms with Crippen molar-refractivity contribution in [3.8, 4) is 0 Å². The van der Waals surface area contributed by atoms with E-state index in [1.54, 1.807) is 24.0 Å². The summed E-state index contributed by atoms with van der Waals surface area (Å²) < 4.78 is 12.9. The quantitative estimate of drug-likeness (QED) is 0.897. The van der Waals surface area contributed by atoms with E-state index in [1.807, 2.05) is 4.90 Å². The molecule has 3 amide bonds. The summed E-state index contributed by atoms with van der Waals surface area (Å²) in [7, 11) is 0. The van der Waals surface area contributed by atoms with E-state index in [-0.39, 0.29) is 17.8 Å². The van der Waals surface area contributed by atoms with E-state index in [9.17, 15) is 14.0 Å². The number of piperazine rings is 1. The fraction of sp³-hybridized carbons (Fsp3) is 0.556. The second-order valence-electron chi connectivity index (χ2n) is 6.66. The standard InChI is InChI=1S/C18H26FN3O2/c1-13(2)12-21-10-11-22(14(3)17(21)23)18(24)20-9-8-15-4-6-16(19)7-5-15/h4-7,13-14H,8-12H2,1-3H3,(H,20,24). The monoisotopic (exact) mass is 335 g/mol. The average Bonchev–Trinajstić information content (AvgIpc) is 2.53.